The van der Waals surface area contributed by atoms with Gasteiger partial charge in [0.15, 0.2) is 0 Å². The molecule has 0 aliphatic heterocycles. The average molecular weight is 506 g/mol. The van der Waals surface area contributed by atoms with Crippen LogP contribution in [0.25, 0.3) is 11.0 Å². The molecule has 0 saturated carbocycles. The second-order valence-electron chi connectivity index (χ2n) is 9.07. The number of aromatic nitrogens is 3. The van der Waals surface area contributed by atoms with Gasteiger partial charge in [-0.15, -0.1) is 16.4 Å². The molecule has 0 aliphatic carbocycles. The zero-order valence-electron chi connectivity index (χ0n) is 21.0. The highest BCUT2D eigenvalue weighted by Gasteiger charge is 2.36. The molecule has 1 atom stereocenters. The number of carbonyl (C=O) groups excluding carboxylic acids is 2. The average Bonchev–Trinajstić information content (AvgIpc) is 3.53. The Balaban J connectivity index is 1.79. The molecular weight excluding hydrogens is 474 g/mol. The SMILES string of the molecule is CCOc1cccc(N(C(=O)Cn2nnc3ccccc32)[C@H](C(=O)NC(C)(C)CC)c2cccs2)c1. The van der Waals surface area contributed by atoms with Gasteiger partial charge in [-0.25, -0.2) is 4.68 Å². The van der Waals surface area contributed by atoms with Crippen molar-refractivity contribution >= 4 is 39.9 Å². The minimum atomic E-state index is -0.866. The summed E-state index contributed by atoms with van der Waals surface area (Å²) in [5.41, 5.74) is 1.58. The first-order valence-corrected chi connectivity index (χ1v) is 12.9. The zero-order valence-corrected chi connectivity index (χ0v) is 21.8. The molecule has 0 unspecified atom stereocenters. The number of ether oxygens (including phenoxy) is 1. The zero-order chi connectivity index (χ0) is 25.7. The number of benzene rings is 2. The van der Waals surface area contributed by atoms with Gasteiger partial charge in [0.05, 0.1) is 12.1 Å². The van der Waals surface area contributed by atoms with Crippen molar-refractivity contribution in [3.05, 3.63) is 70.9 Å². The molecule has 0 bridgehead atoms. The van der Waals surface area contributed by atoms with Crippen LogP contribution in [0.2, 0.25) is 0 Å². The van der Waals surface area contributed by atoms with Crippen molar-refractivity contribution in [3.8, 4) is 5.75 Å². The molecule has 9 heteroatoms. The van der Waals surface area contributed by atoms with Crippen molar-refractivity contribution < 1.29 is 14.3 Å². The highest BCUT2D eigenvalue weighted by molar-refractivity contribution is 7.10. The lowest BCUT2D eigenvalue weighted by molar-refractivity contribution is -0.128. The molecule has 36 heavy (non-hydrogen) atoms. The smallest absolute Gasteiger partial charge is 0.249 e. The quantitative estimate of drug-likeness (QED) is 0.329. The molecule has 0 fully saturated rings. The number of thiophene rings is 1. The first-order chi connectivity index (χ1) is 17.3. The van der Waals surface area contributed by atoms with Crippen LogP contribution in [0.15, 0.2) is 66.0 Å². The number of nitrogens with zero attached hydrogens (tertiary/aromatic N) is 4. The van der Waals surface area contributed by atoms with Crippen LogP contribution >= 0.6 is 11.3 Å². The van der Waals surface area contributed by atoms with E-state index in [0.29, 0.717) is 23.6 Å². The van der Waals surface area contributed by atoms with Gasteiger partial charge in [-0.2, -0.15) is 0 Å². The highest BCUT2D eigenvalue weighted by Crippen LogP contribution is 2.33. The number of nitrogens with one attached hydrogen (secondary N) is 1. The summed E-state index contributed by atoms with van der Waals surface area (Å²) in [6, 6.07) is 17.6. The van der Waals surface area contributed by atoms with Crippen LogP contribution in [0.1, 0.15) is 45.0 Å². The van der Waals surface area contributed by atoms with Gasteiger partial charge in [0.1, 0.15) is 23.9 Å². The molecule has 0 spiro atoms. The number of rotatable bonds is 10. The van der Waals surface area contributed by atoms with E-state index < -0.39 is 11.6 Å². The van der Waals surface area contributed by atoms with E-state index in [-0.39, 0.29) is 18.4 Å². The molecular formula is C27H31N5O3S. The predicted molar refractivity (Wildman–Crippen MR) is 142 cm³/mol. The molecule has 0 saturated heterocycles. The Bertz CT molecular complexity index is 1330. The lowest BCUT2D eigenvalue weighted by atomic mass is 10.0. The first kappa shape index (κ1) is 25.4. The van der Waals surface area contributed by atoms with E-state index in [2.05, 4.69) is 15.6 Å². The Morgan fingerprint density at radius 1 is 1.11 bits per heavy atom. The second-order valence-corrected chi connectivity index (χ2v) is 10.1. The van der Waals surface area contributed by atoms with E-state index in [4.69, 9.17) is 4.74 Å². The summed E-state index contributed by atoms with van der Waals surface area (Å²) in [5, 5.41) is 13.4. The highest BCUT2D eigenvalue weighted by atomic mass is 32.1. The maximum Gasteiger partial charge on any atom is 0.249 e. The Morgan fingerprint density at radius 3 is 2.64 bits per heavy atom. The van der Waals surface area contributed by atoms with E-state index >= 15 is 0 Å². The van der Waals surface area contributed by atoms with Gasteiger partial charge in [0, 0.05) is 22.2 Å². The summed E-state index contributed by atoms with van der Waals surface area (Å²) in [7, 11) is 0. The van der Waals surface area contributed by atoms with Crippen LogP contribution in [0.5, 0.6) is 5.75 Å². The molecule has 1 N–H and O–H groups in total. The molecule has 2 amide bonds. The van der Waals surface area contributed by atoms with E-state index in [1.807, 2.05) is 87.7 Å². The van der Waals surface area contributed by atoms with Crippen molar-refractivity contribution in [2.24, 2.45) is 0 Å². The van der Waals surface area contributed by atoms with Crippen molar-refractivity contribution in [1.29, 1.82) is 0 Å². The topological polar surface area (TPSA) is 89.3 Å². The fourth-order valence-electron chi connectivity index (χ4n) is 3.88. The monoisotopic (exact) mass is 505 g/mol. The fraction of sp³-hybridized carbons (Fsp3) is 0.333. The molecule has 2 aromatic carbocycles. The Hall–Kier alpha value is -3.72. The van der Waals surface area contributed by atoms with Crippen molar-refractivity contribution in [1.82, 2.24) is 20.3 Å². The lowest BCUT2D eigenvalue weighted by Gasteiger charge is -2.34. The number of hydrogen-bond acceptors (Lipinski definition) is 6. The second kappa shape index (κ2) is 10.9. The Labute approximate surface area is 214 Å². The van der Waals surface area contributed by atoms with Gasteiger partial charge in [0.2, 0.25) is 11.8 Å². The van der Waals surface area contributed by atoms with Gasteiger partial charge in [0.25, 0.3) is 0 Å². The summed E-state index contributed by atoms with van der Waals surface area (Å²) in [4.78, 5) is 30.1. The maximum atomic E-state index is 14.0. The Morgan fingerprint density at radius 2 is 1.92 bits per heavy atom. The molecule has 0 aliphatic rings. The molecule has 8 nitrogen and oxygen atoms in total. The van der Waals surface area contributed by atoms with Crippen LogP contribution in [-0.2, 0) is 16.1 Å². The minimum Gasteiger partial charge on any atom is -0.494 e. The summed E-state index contributed by atoms with van der Waals surface area (Å²) in [5.74, 6) is 0.0864. The minimum absolute atomic E-state index is 0.0777. The number of carbonyl (C=O) groups is 2. The predicted octanol–water partition coefficient (Wildman–Crippen LogP) is 4.97. The normalized spacial score (nSPS) is 12.3. The third-order valence-corrected chi connectivity index (χ3v) is 6.97. The summed E-state index contributed by atoms with van der Waals surface area (Å²) in [6.45, 7) is 8.28. The third kappa shape index (κ3) is 5.57. The van der Waals surface area contributed by atoms with Crippen molar-refractivity contribution in [3.63, 3.8) is 0 Å². The van der Waals surface area contributed by atoms with E-state index in [1.165, 1.54) is 11.3 Å². The summed E-state index contributed by atoms with van der Waals surface area (Å²) >= 11 is 1.44. The molecule has 0 radical (unpaired) electrons. The fourth-order valence-corrected chi connectivity index (χ4v) is 4.69. The van der Waals surface area contributed by atoms with Gasteiger partial charge in [-0.05, 0) is 62.9 Å². The van der Waals surface area contributed by atoms with E-state index in [0.717, 1.165) is 16.8 Å². The van der Waals surface area contributed by atoms with Gasteiger partial charge in [-0.3, -0.25) is 14.5 Å². The molecule has 2 heterocycles. The number of para-hydroxylation sites is 1. The van der Waals surface area contributed by atoms with Crippen LogP contribution in [-0.4, -0.2) is 39.0 Å². The van der Waals surface area contributed by atoms with Crippen LogP contribution in [0, 0.1) is 0 Å². The first-order valence-electron chi connectivity index (χ1n) is 12.0. The van der Waals surface area contributed by atoms with Crippen molar-refractivity contribution in [2.45, 2.75) is 52.2 Å². The van der Waals surface area contributed by atoms with E-state index in [9.17, 15) is 9.59 Å². The molecule has 4 rings (SSSR count). The maximum absolute atomic E-state index is 14.0. The van der Waals surface area contributed by atoms with Crippen molar-refractivity contribution in [2.75, 3.05) is 11.5 Å². The third-order valence-electron chi connectivity index (χ3n) is 6.05. The van der Waals surface area contributed by atoms with E-state index in [1.54, 1.807) is 15.6 Å². The molecule has 2 aromatic heterocycles. The molecule has 4 aromatic rings. The largest absolute Gasteiger partial charge is 0.494 e. The standard InChI is InChI=1S/C27H31N5O3S/c1-5-27(3,4)28-26(34)25(23-15-10-16-36-23)32(19-11-9-12-20(17-19)35-6-2)24(33)18-31-22-14-8-7-13-21(22)29-30-31/h7-17,25H,5-6,18H2,1-4H3,(H,28,34)/t25-/m0/s1. The van der Waals surface area contributed by atoms with Gasteiger partial charge in [-0.1, -0.05) is 36.4 Å². The number of fused-ring (bicyclic) bond motifs is 1. The number of hydrogen-bond donors (Lipinski definition) is 1. The summed E-state index contributed by atoms with van der Waals surface area (Å²) < 4.78 is 7.27. The van der Waals surface area contributed by atoms with Crippen LogP contribution in [0.4, 0.5) is 5.69 Å². The van der Waals surface area contributed by atoms with Gasteiger partial charge >= 0.3 is 0 Å². The lowest BCUT2D eigenvalue weighted by Crippen LogP contribution is -2.50. The van der Waals surface area contributed by atoms with Crippen LogP contribution < -0.4 is 15.0 Å². The van der Waals surface area contributed by atoms with Gasteiger partial charge < -0.3 is 10.1 Å². The van der Waals surface area contributed by atoms with Crippen LogP contribution in [0.3, 0.4) is 0 Å². The number of amides is 2. The summed E-state index contributed by atoms with van der Waals surface area (Å²) in [6.07, 6.45) is 0.745. The Kier molecular flexibility index (Phi) is 7.69. The number of anilines is 1. The molecule has 188 valence electrons.